The minimum absolute atomic E-state index is 0. The molecule has 0 aliphatic rings. The molecule has 0 atom stereocenters. The third kappa shape index (κ3) is 8.47. The Hall–Kier alpha value is -1.35. The van der Waals surface area contributed by atoms with E-state index in [0.717, 1.165) is 56.3 Å². The van der Waals surface area contributed by atoms with Crippen LogP contribution in [0.2, 0.25) is 0 Å². The van der Waals surface area contributed by atoms with Crippen molar-refractivity contribution in [3.8, 4) is 5.75 Å². The quantitative estimate of drug-likeness (QED) is 0.235. The van der Waals surface area contributed by atoms with Gasteiger partial charge in [-0.1, -0.05) is 12.1 Å². The van der Waals surface area contributed by atoms with Crippen LogP contribution in [0.15, 0.2) is 29.3 Å². The highest BCUT2D eigenvalue weighted by Gasteiger charge is 2.04. The summed E-state index contributed by atoms with van der Waals surface area (Å²) in [6.45, 7) is 8.78. The zero-order valence-corrected chi connectivity index (χ0v) is 19.8. The minimum atomic E-state index is 0. The van der Waals surface area contributed by atoms with E-state index in [0.29, 0.717) is 0 Å². The molecule has 5 nitrogen and oxygen atoms in total. The molecule has 150 valence electrons. The summed E-state index contributed by atoms with van der Waals surface area (Å²) < 4.78 is 5.19. The summed E-state index contributed by atoms with van der Waals surface area (Å²) in [4.78, 5) is 10.6. The fourth-order valence-electron chi connectivity index (χ4n) is 2.54. The molecule has 1 aromatic heterocycles. The number of halogens is 1. The molecule has 2 aromatic rings. The van der Waals surface area contributed by atoms with Crippen LogP contribution >= 0.6 is 35.3 Å². The summed E-state index contributed by atoms with van der Waals surface area (Å²) >= 11 is 1.78. The molecule has 1 aromatic carbocycles. The number of hydrogen-bond donors (Lipinski definition) is 2. The summed E-state index contributed by atoms with van der Waals surface area (Å²) in [5, 5.41) is 7.89. The Bertz CT molecular complexity index is 681. The van der Waals surface area contributed by atoms with Crippen LogP contribution in [0.3, 0.4) is 0 Å². The molecule has 0 aliphatic carbocycles. The third-order valence-electron chi connectivity index (χ3n) is 4.10. The molecule has 0 aliphatic heterocycles. The molecular weight excluding hydrogens is 471 g/mol. The van der Waals surface area contributed by atoms with Gasteiger partial charge in [0.1, 0.15) is 5.75 Å². The van der Waals surface area contributed by atoms with Gasteiger partial charge in [-0.25, -0.2) is 4.98 Å². The maximum atomic E-state index is 5.19. The van der Waals surface area contributed by atoms with E-state index in [4.69, 9.17) is 4.74 Å². The van der Waals surface area contributed by atoms with Gasteiger partial charge in [-0.15, -0.1) is 35.3 Å². The lowest BCUT2D eigenvalue weighted by molar-refractivity contribution is 0.414. The van der Waals surface area contributed by atoms with Gasteiger partial charge in [-0.3, -0.25) is 4.99 Å². The SMILES string of the molecule is CCNC(=NCCCc1ccc(OC)cc1)NCCc1nc(C)c(C)s1.I. The first kappa shape index (κ1) is 23.7. The molecule has 0 spiro atoms. The first-order valence-electron chi connectivity index (χ1n) is 9.20. The molecule has 7 heteroatoms. The third-order valence-corrected chi connectivity index (χ3v) is 5.23. The topological polar surface area (TPSA) is 58.5 Å². The molecule has 0 amide bonds. The number of thiazole rings is 1. The minimum Gasteiger partial charge on any atom is -0.497 e. The average molecular weight is 502 g/mol. The van der Waals surface area contributed by atoms with Gasteiger partial charge in [0.25, 0.3) is 0 Å². The molecule has 0 saturated carbocycles. The van der Waals surface area contributed by atoms with Crippen molar-refractivity contribution < 1.29 is 4.74 Å². The number of nitrogens with one attached hydrogen (secondary N) is 2. The second-order valence-electron chi connectivity index (χ2n) is 6.14. The molecular formula is C20H31IN4OS. The van der Waals surface area contributed by atoms with Crippen LogP contribution < -0.4 is 15.4 Å². The van der Waals surface area contributed by atoms with Crippen molar-refractivity contribution in [1.29, 1.82) is 0 Å². The molecule has 0 saturated heterocycles. The van der Waals surface area contributed by atoms with Crippen LogP contribution in [-0.2, 0) is 12.8 Å². The van der Waals surface area contributed by atoms with Crippen molar-refractivity contribution in [2.75, 3.05) is 26.7 Å². The average Bonchev–Trinajstić information content (AvgIpc) is 2.97. The molecule has 1 heterocycles. The molecule has 2 N–H and O–H groups in total. The van der Waals surface area contributed by atoms with Crippen LogP contribution in [0.25, 0.3) is 0 Å². The van der Waals surface area contributed by atoms with E-state index in [9.17, 15) is 0 Å². The number of hydrogen-bond acceptors (Lipinski definition) is 4. The number of nitrogens with zero attached hydrogens (tertiary/aromatic N) is 2. The smallest absolute Gasteiger partial charge is 0.191 e. The van der Waals surface area contributed by atoms with Crippen molar-refractivity contribution >= 4 is 41.3 Å². The van der Waals surface area contributed by atoms with Crippen LogP contribution in [0.1, 0.15) is 34.5 Å². The van der Waals surface area contributed by atoms with Crippen molar-refractivity contribution in [2.45, 2.75) is 40.0 Å². The van der Waals surface area contributed by atoms with Gasteiger partial charge in [0.15, 0.2) is 5.96 Å². The van der Waals surface area contributed by atoms with Gasteiger partial charge in [-0.05, 0) is 51.3 Å². The summed E-state index contributed by atoms with van der Waals surface area (Å²) in [7, 11) is 1.69. The van der Waals surface area contributed by atoms with E-state index < -0.39 is 0 Å². The lowest BCUT2D eigenvalue weighted by Crippen LogP contribution is -2.38. The van der Waals surface area contributed by atoms with Crippen molar-refractivity contribution in [2.24, 2.45) is 4.99 Å². The second kappa shape index (κ2) is 12.9. The Morgan fingerprint density at radius 2 is 1.89 bits per heavy atom. The zero-order valence-electron chi connectivity index (χ0n) is 16.7. The number of guanidine groups is 1. The zero-order chi connectivity index (χ0) is 18.8. The summed E-state index contributed by atoms with van der Waals surface area (Å²) in [6.07, 6.45) is 2.97. The molecule has 0 unspecified atom stereocenters. The van der Waals surface area contributed by atoms with Crippen LogP contribution in [-0.4, -0.2) is 37.7 Å². The maximum absolute atomic E-state index is 5.19. The van der Waals surface area contributed by atoms with Gasteiger partial charge in [0.05, 0.1) is 17.8 Å². The van der Waals surface area contributed by atoms with Gasteiger partial charge < -0.3 is 15.4 Å². The normalized spacial score (nSPS) is 11.0. The molecule has 0 bridgehead atoms. The fourth-order valence-corrected chi connectivity index (χ4v) is 3.48. The Morgan fingerprint density at radius 3 is 2.48 bits per heavy atom. The van der Waals surface area contributed by atoms with Gasteiger partial charge in [-0.2, -0.15) is 0 Å². The number of aliphatic imine (C=N–C) groups is 1. The van der Waals surface area contributed by atoms with Crippen molar-refractivity contribution in [3.63, 3.8) is 0 Å². The predicted molar refractivity (Wildman–Crippen MR) is 126 cm³/mol. The second-order valence-corrected chi connectivity index (χ2v) is 7.43. The van der Waals surface area contributed by atoms with Gasteiger partial charge in [0, 0.05) is 30.9 Å². The Kier molecular flexibility index (Phi) is 11.3. The number of aromatic nitrogens is 1. The highest BCUT2D eigenvalue weighted by Crippen LogP contribution is 2.16. The van der Waals surface area contributed by atoms with E-state index >= 15 is 0 Å². The molecule has 27 heavy (non-hydrogen) atoms. The standard InChI is InChI=1S/C20H30N4OS.HI/c1-5-21-20(23-14-12-19-24-15(2)16(3)26-19)22-13-6-7-17-8-10-18(25-4)11-9-17;/h8-11H,5-7,12-14H2,1-4H3,(H2,21,22,23);1H. The van der Waals surface area contributed by atoms with Crippen molar-refractivity contribution in [3.05, 3.63) is 45.4 Å². The van der Waals surface area contributed by atoms with Gasteiger partial charge >= 0.3 is 0 Å². The Morgan fingerprint density at radius 1 is 1.15 bits per heavy atom. The summed E-state index contributed by atoms with van der Waals surface area (Å²) in [6, 6.07) is 8.24. The number of benzene rings is 1. The number of aryl methyl sites for hydroxylation is 3. The Balaban J connectivity index is 0.00000364. The van der Waals surface area contributed by atoms with E-state index in [1.165, 1.54) is 15.4 Å². The van der Waals surface area contributed by atoms with E-state index in [1.54, 1.807) is 18.4 Å². The van der Waals surface area contributed by atoms with E-state index in [1.807, 2.05) is 12.1 Å². The Labute approximate surface area is 184 Å². The monoisotopic (exact) mass is 502 g/mol. The van der Waals surface area contributed by atoms with Crippen LogP contribution in [0.4, 0.5) is 0 Å². The molecule has 0 fully saturated rings. The summed E-state index contributed by atoms with van der Waals surface area (Å²) in [5.74, 6) is 1.78. The predicted octanol–water partition coefficient (Wildman–Crippen LogP) is 4.12. The number of rotatable bonds is 9. The lowest BCUT2D eigenvalue weighted by Gasteiger charge is -2.10. The first-order chi connectivity index (χ1) is 12.6. The van der Waals surface area contributed by atoms with Crippen molar-refractivity contribution in [1.82, 2.24) is 15.6 Å². The van der Waals surface area contributed by atoms with Crippen LogP contribution in [0.5, 0.6) is 5.75 Å². The van der Waals surface area contributed by atoms with Gasteiger partial charge in [0.2, 0.25) is 0 Å². The highest BCUT2D eigenvalue weighted by atomic mass is 127. The first-order valence-corrected chi connectivity index (χ1v) is 10.0. The fraction of sp³-hybridized carbons (Fsp3) is 0.500. The van der Waals surface area contributed by atoms with E-state index in [2.05, 4.69) is 53.5 Å². The maximum Gasteiger partial charge on any atom is 0.191 e. The largest absolute Gasteiger partial charge is 0.497 e. The number of methoxy groups -OCH3 is 1. The summed E-state index contributed by atoms with van der Waals surface area (Å²) in [5.41, 5.74) is 2.46. The lowest BCUT2D eigenvalue weighted by atomic mass is 10.1. The number of ether oxygens (including phenoxy) is 1. The van der Waals surface area contributed by atoms with Crippen LogP contribution in [0, 0.1) is 13.8 Å². The highest BCUT2D eigenvalue weighted by molar-refractivity contribution is 14.0. The molecule has 0 radical (unpaired) electrons. The van der Waals surface area contributed by atoms with E-state index in [-0.39, 0.29) is 24.0 Å². The molecule has 2 rings (SSSR count).